The lowest BCUT2D eigenvalue weighted by Gasteiger charge is -2.36. The normalized spacial score (nSPS) is 19.1. The van der Waals surface area contributed by atoms with Crippen molar-refractivity contribution in [3.8, 4) is 5.75 Å². The van der Waals surface area contributed by atoms with Crippen molar-refractivity contribution in [2.45, 2.75) is 44.6 Å². The van der Waals surface area contributed by atoms with Gasteiger partial charge in [-0.05, 0) is 37.2 Å². The molecule has 2 aliphatic rings. The molecule has 1 aromatic carbocycles. The fourth-order valence-corrected chi connectivity index (χ4v) is 2.98. The van der Waals surface area contributed by atoms with Gasteiger partial charge < -0.3 is 15.4 Å². The topological polar surface area (TPSA) is 50.4 Å². The molecule has 2 N–H and O–H groups in total. The maximum atomic E-state index is 13.9. The van der Waals surface area contributed by atoms with Gasteiger partial charge in [0.1, 0.15) is 0 Å². The number of carbonyl (C=O) groups excluding carboxylic acids is 1. The van der Waals surface area contributed by atoms with Gasteiger partial charge in [0.05, 0.1) is 0 Å². The third kappa shape index (κ3) is 3.86. The van der Waals surface area contributed by atoms with Crippen LogP contribution in [0.4, 0.5) is 22.4 Å². The summed E-state index contributed by atoms with van der Waals surface area (Å²) in [6.07, 6.45) is -0.616. The van der Waals surface area contributed by atoms with Crippen molar-refractivity contribution >= 4 is 6.03 Å². The highest BCUT2D eigenvalue weighted by molar-refractivity contribution is 5.74. The van der Waals surface area contributed by atoms with E-state index in [0.717, 1.165) is 18.9 Å². The van der Waals surface area contributed by atoms with Crippen LogP contribution in [-0.2, 0) is 6.54 Å². The summed E-state index contributed by atoms with van der Waals surface area (Å²) in [5.74, 6) is -2.04. The van der Waals surface area contributed by atoms with Crippen molar-refractivity contribution in [3.63, 3.8) is 0 Å². The first-order valence-corrected chi connectivity index (χ1v) is 7.34. The third-order valence-electron chi connectivity index (χ3n) is 4.36. The van der Waals surface area contributed by atoms with E-state index in [4.69, 9.17) is 0 Å². The first-order chi connectivity index (χ1) is 10.8. The minimum atomic E-state index is -4.97. The van der Waals surface area contributed by atoms with Crippen LogP contribution in [0.1, 0.15) is 31.2 Å². The van der Waals surface area contributed by atoms with Crippen LogP contribution in [-0.4, -0.2) is 18.4 Å². The molecule has 4 nitrogen and oxygen atoms in total. The van der Waals surface area contributed by atoms with Gasteiger partial charge in [-0.2, -0.15) is 0 Å². The second-order valence-corrected chi connectivity index (χ2v) is 6.21. The lowest BCUT2D eigenvalue weighted by atomic mass is 9.77. The van der Waals surface area contributed by atoms with Crippen molar-refractivity contribution in [1.29, 1.82) is 0 Å². The monoisotopic (exact) mass is 332 g/mol. The van der Waals surface area contributed by atoms with Gasteiger partial charge in [0, 0.05) is 18.2 Å². The van der Waals surface area contributed by atoms with Crippen LogP contribution in [0.2, 0.25) is 0 Å². The number of benzene rings is 1. The summed E-state index contributed by atoms with van der Waals surface area (Å²) in [6, 6.07) is 3.09. The largest absolute Gasteiger partial charge is 0.573 e. The van der Waals surface area contributed by atoms with Gasteiger partial charge in [0.15, 0.2) is 11.6 Å². The van der Waals surface area contributed by atoms with Crippen LogP contribution in [0.25, 0.3) is 0 Å². The van der Waals surface area contributed by atoms with Crippen molar-refractivity contribution in [1.82, 2.24) is 10.6 Å². The van der Waals surface area contributed by atoms with E-state index in [1.807, 2.05) is 0 Å². The molecular formula is C15H16F4N2O2. The van der Waals surface area contributed by atoms with Crippen LogP contribution >= 0.6 is 0 Å². The molecule has 2 amide bonds. The van der Waals surface area contributed by atoms with E-state index in [2.05, 4.69) is 15.4 Å². The number of nitrogens with one attached hydrogen (secondary N) is 2. The highest BCUT2D eigenvalue weighted by Crippen LogP contribution is 2.60. The minimum Gasteiger partial charge on any atom is -0.403 e. The zero-order valence-electron chi connectivity index (χ0n) is 12.2. The van der Waals surface area contributed by atoms with Gasteiger partial charge in [-0.25, -0.2) is 9.18 Å². The summed E-state index contributed by atoms with van der Waals surface area (Å²) in [5.41, 5.74) is 0.377. The zero-order valence-corrected chi connectivity index (χ0v) is 12.2. The second kappa shape index (κ2) is 5.58. The van der Waals surface area contributed by atoms with Gasteiger partial charge in [-0.1, -0.05) is 12.1 Å². The number of rotatable bonds is 4. The van der Waals surface area contributed by atoms with Crippen molar-refractivity contribution < 1.29 is 27.1 Å². The molecule has 0 radical (unpaired) electrons. The lowest BCUT2D eigenvalue weighted by Crippen LogP contribution is -2.48. The maximum absolute atomic E-state index is 13.9. The summed E-state index contributed by atoms with van der Waals surface area (Å²) in [6.45, 7) is -0.218. The molecule has 2 saturated carbocycles. The summed E-state index contributed by atoms with van der Waals surface area (Å²) in [5, 5.41) is 5.22. The Labute approximate surface area is 130 Å². The summed E-state index contributed by atoms with van der Waals surface area (Å²) < 4.78 is 54.0. The smallest absolute Gasteiger partial charge is 0.403 e. The summed E-state index contributed by atoms with van der Waals surface area (Å²) in [7, 11) is 0. The fraction of sp³-hybridized carbons (Fsp3) is 0.533. The van der Waals surface area contributed by atoms with Crippen molar-refractivity contribution in [3.05, 3.63) is 29.6 Å². The van der Waals surface area contributed by atoms with Crippen LogP contribution in [0.15, 0.2) is 18.2 Å². The lowest BCUT2D eigenvalue weighted by molar-refractivity contribution is -0.275. The Bertz CT molecular complexity index is 606. The zero-order chi connectivity index (χ0) is 16.7. The van der Waals surface area contributed by atoms with Gasteiger partial charge in [-0.15, -0.1) is 13.2 Å². The van der Waals surface area contributed by atoms with Crippen molar-refractivity contribution in [2.24, 2.45) is 5.41 Å². The molecule has 0 atom stereocenters. The van der Waals surface area contributed by atoms with Crippen molar-refractivity contribution in [2.75, 3.05) is 0 Å². The molecule has 3 rings (SSSR count). The molecule has 126 valence electrons. The number of carbonyl (C=O) groups is 1. The number of hydrogen-bond acceptors (Lipinski definition) is 2. The Morgan fingerprint density at radius 2 is 2.00 bits per heavy atom. The molecule has 2 aliphatic carbocycles. The quantitative estimate of drug-likeness (QED) is 0.830. The molecule has 1 spiro atoms. The predicted octanol–water partition coefficient (Wildman–Crippen LogP) is 3.47. The number of hydrogen-bond donors (Lipinski definition) is 2. The Balaban J connectivity index is 1.51. The van der Waals surface area contributed by atoms with E-state index < -0.39 is 24.0 Å². The molecule has 0 aromatic heterocycles. The highest BCUT2D eigenvalue weighted by Gasteiger charge is 2.53. The number of alkyl halides is 3. The van der Waals surface area contributed by atoms with E-state index in [9.17, 15) is 22.4 Å². The Morgan fingerprint density at radius 1 is 1.30 bits per heavy atom. The Morgan fingerprint density at radius 3 is 2.61 bits per heavy atom. The average molecular weight is 332 g/mol. The molecular weight excluding hydrogens is 316 g/mol. The number of ether oxygens (including phenoxy) is 1. The van der Waals surface area contributed by atoms with Gasteiger partial charge in [-0.3, -0.25) is 0 Å². The molecule has 0 aliphatic heterocycles. The Kier molecular flexibility index (Phi) is 3.85. The summed E-state index contributed by atoms with van der Waals surface area (Å²) in [4.78, 5) is 11.7. The number of halogens is 4. The molecule has 0 saturated heterocycles. The molecule has 0 unspecified atom stereocenters. The highest BCUT2D eigenvalue weighted by atomic mass is 19.4. The summed E-state index contributed by atoms with van der Waals surface area (Å²) >= 11 is 0. The molecule has 2 fully saturated rings. The van der Waals surface area contributed by atoms with Crippen LogP contribution in [0.5, 0.6) is 5.75 Å². The number of urea groups is 1. The molecule has 1 aromatic rings. The van der Waals surface area contributed by atoms with E-state index in [1.54, 1.807) is 0 Å². The first kappa shape index (κ1) is 15.9. The molecule has 0 heterocycles. The predicted molar refractivity (Wildman–Crippen MR) is 73.1 cm³/mol. The fourth-order valence-electron chi connectivity index (χ4n) is 2.98. The Hall–Kier alpha value is -1.99. The van der Waals surface area contributed by atoms with Crippen LogP contribution in [0, 0.1) is 11.2 Å². The molecule has 8 heteroatoms. The maximum Gasteiger partial charge on any atom is 0.573 e. The second-order valence-electron chi connectivity index (χ2n) is 6.21. The van der Waals surface area contributed by atoms with Crippen LogP contribution in [0.3, 0.4) is 0 Å². The van der Waals surface area contributed by atoms with E-state index >= 15 is 0 Å². The van der Waals surface area contributed by atoms with Gasteiger partial charge in [0.2, 0.25) is 0 Å². The number of amides is 2. The van der Waals surface area contributed by atoms with Gasteiger partial charge >= 0.3 is 12.4 Å². The SMILES string of the molecule is O=C(NCc1cccc(OC(F)(F)F)c1F)NC1CC2(CC2)C1. The standard InChI is InChI=1S/C15H16F4N2O2/c16-12-9(2-1-3-11(12)23-15(17,18)19)8-20-13(22)21-10-6-14(7-10)4-5-14/h1-3,10H,4-8H2,(H2,20,21,22). The molecule has 23 heavy (non-hydrogen) atoms. The minimum absolute atomic E-state index is 0.0748. The van der Waals surface area contributed by atoms with E-state index in [0.29, 0.717) is 5.41 Å². The molecule has 0 bridgehead atoms. The third-order valence-corrected chi connectivity index (χ3v) is 4.36. The van der Waals surface area contributed by atoms with Gasteiger partial charge in [0.25, 0.3) is 0 Å². The van der Waals surface area contributed by atoms with Crippen LogP contribution < -0.4 is 15.4 Å². The van der Waals surface area contributed by atoms with E-state index in [1.165, 1.54) is 25.0 Å². The first-order valence-electron chi connectivity index (χ1n) is 7.34. The van der Waals surface area contributed by atoms with E-state index in [-0.39, 0.29) is 18.2 Å². The average Bonchev–Trinajstić information content (AvgIpc) is 3.18.